The summed E-state index contributed by atoms with van der Waals surface area (Å²) in [5.41, 5.74) is 2.69. The first-order valence-corrected chi connectivity index (χ1v) is 6.90. The third-order valence-corrected chi connectivity index (χ3v) is 4.41. The number of esters is 1. The van der Waals surface area contributed by atoms with Crippen molar-refractivity contribution in [2.24, 2.45) is 0 Å². The van der Waals surface area contributed by atoms with Crippen LogP contribution in [-0.2, 0) is 24.0 Å². The Morgan fingerprint density at radius 3 is 2.75 bits per heavy atom. The van der Waals surface area contributed by atoms with E-state index in [0.29, 0.717) is 6.61 Å². The molecule has 0 radical (unpaired) electrons. The Morgan fingerprint density at radius 1 is 1.31 bits per heavy atom. The molecule has 16 heavy (non-hydrogen) atoms. The van der Waals surface area contributed by atoms with Crippen molar-refractivity contribution in [1.29, 1.82) is 0 Å². The Hall–Kier alpha value is -0.830. The van der Waals surface area contributed by atoms with Gasteiger partial charge in [0.1, 0.15) is 4.88 Å². The second-order valence-electron chi connectivity index (χ2n) is 4.09. The molecule has 1 aromatic heterocycles. The van der Waals surface area contributed by atoms with Crippen molar-refractivity contribution in [3.05, 3.63) is 20.9 Å². The Morgan fingerprint density at radius 2 is 2.06 bits per heavy atom. The predicted molar refractivity (Wildman–Crippen MR) is 66.3 cm³/mol. The van der Waals surface area contributed by atoms with E-state index in [2.05, 4.69) is 6.92 Å². The van der Waals surface area contributed by atoms with Crippen molar-refractivity contribution in [1.82, 2.24) is 0 Å². The van der Waals surface area contributed by atoms with E-state index in [1.54, 1.807) is 11.3 Å². The summed E-state index contributed by atoms with van der Waals surface area (Å²) in [7, 11) is 0. The van der Waals surface area contributed by atoms with Gasteiger partial charge in [0.25, 0.3) is 0 Å². The maximum Gasteiger partial charge on any atom is 0.348 e. The fraction of sp³-hybridized carbons (Fsp3) is 0.615. The van der Waals surface area contributed by atoms with Gasteiger partial charge in [-0.1, -0.05) is 6.92 Å². The lowest BCUT2D eigenvalue weighted by Gasteiger charge is -2.11. The van der Waals surface area contributed by atoms with Crippen molar-refractivity contribution in [3.63, 3.8) is 0 Å². The molecule has 0 atom stereocenters. The largest absolute Gasteiger partial charge is 0.462 e. The molecule has 0 unspecified atom stereocenters. The summed E-state index contributed by atoms with van der Waals surface area (Å²) in [5.74, 6) is -0.126. The topological polar surface area (TPSA) is 26.3 Å². The number of fused-ring (bicyclic) bond motifs is 1. The van der Waals surface area contributed by atoms with Gasteiger partial charge in [0.05, 0.1) is 6.61 Å². The Bertz CT molecular complexity index is 393. The van der Waals surface area contributed by atoms with E-state index in [1.165, 1.54) is 28.8 Å². The quantitative estimate of drug-likeness (QED) is 0.755. The monoisotopic (exact) mass is 238 g/mol. The van der Waals surface area contributed by atoms with Gasteiger partial charge in [0, 0.05) is 4.88 Å². The molecule has 3 heteroatoms. The molecule has 0 N–H and O–H groups in total. The van der Waals surface area contributed by atoms with Crippen LogP contribution in [0.3, 0.4) is 0 Å². The molecule has 2 rings (SSSR count). The minimum atomic E-state index is -0.126. The second kappa shape index (κ2) is 5.00. The summed E-state index contributed by atoms with van der Waals surface area (Å²) < 4.78 is 5.12. The van der Waals surface area contributed by atoms with E-state index in [4.69, 9.17) is 4.74 Å². The van der Waals surface area contributed by atoms with Crippen LogP contribution >= 0.6 is 11.3 Å². The minimum Gasteiger partial charge on any atom is -0.462 e. The molecule has 1 heterocycles. The molecule has 0 fully saturated rings. The lowest BCUT2D eigenvalue weighted by atomic mass is 9.94. The first-order valence-electron chi connectivity index (χ1n) is 6.08. The molecule has 1 aliphatic rings. The first-order chi connectivity index (χ1) is 7.77. The number of hydrogen-bond donors (Lipinski definition) is 0. The van der Waals surface area contributed by atoms with Gasteiger partial charge in [0.2, 0.25) is 0 Å². The Kier molecular flexibility index (Phi) is 3.64. The van der Waals surface area contributed by atoms with E-state index >= 15 is 0 Å². The summed E-state index contributed by atoms with van der Waals surface area (Å²) in [5, 5.41) is 0. The molecule has 0 bridgehead atoms. The fourth-order valence-corrected chi connectivity index (χ4v) is 3.74. The number of hydrogen-bond acceptors (Lipinski definition) is 3. The lowest BCUT2D eigenvalue weighted by Crippen LogP contribution is -2.06. The molecular formula is C13H18O2S. The number of carbonyl (C=O) groups excluding carboxylic acids is 1. The van der Waals surface area contributed by atoms with Crippen molar-refractivity contribution in [3.8, 4) is 0 Å². The summed E-state index contributed by atoms with van der Waals surface area (Å²) in [6.45, 7) is 4.45. The molecule has 1 aromatic rings. The predicted octanol–water partition coefficient (Wildman–Crippen LogP) is 3.37. The smallest absolute Gasteiger partial charge is 0.348 e. The third-order valence-electron chi connectivity index (χ3n) is 3.10. The average Bonchev–Trinajstić information content (AvgIpc) is 2.67. The van der Waals surface area contributed by atoms with Gasteiger partial charge in [-0.15, -0.1) is 11.3 Å². The Balaban J connectivity index is 2.37. The van der Waals surface area contributed by atoms with Gasteiger partial charge in [-0.05, 0) is 50.2 Å². The van der Waals surface area contributed by atoms with Crippen molar-refractivity contribution in [2.45, 2.75) is 46.0 Å². The van der Waals surface area contributed by atoms with Crippen LogP contribution in [0, 0.1) is 0 Å². The van der Waals surface area contributed by atoms with Gasteiger partial charge in [-0.3, -0.25) is 0 Å². The zero-order valence-electron chi connectivity index (χ0n) is 9.97. The number of carbonyl (C=O) groups is 1. The minimum absolute atomic E-state index is 0.126. The van der Waals surface area contributed by atoms with Gasteiger partial charge >= 0.3 is 5.97 Å². The van der Waals surface area contributed by atoms with Crippen molar-refractivity contribution >= 4 is 17.3 Å². The second-order valence-corrected chi connectivity index (χ2v) is 5.20. The SMILES string of the molecule is CCOC(=O)c1sc2c(c1CC)CCCC2. The van der Waals surface area contributed by atoms with Gasteiger partial charge in [0.15, 0.2) is 0 Å². The number of rotatable bonds is 3. The van der Waals surface area contributed by atoms with Gasteiger partial charge < -0.3 is 4.74 Å². The fourth-order valence-electron chi connectivity index (χ4n) is 2.37. The molecular weight excluding hydrogens is 220 g/mol. The molecule has 0 aromatic carbocycles. The summed E-state index contributed by atoms with van der Waals surface area (Å²) in [6, 6.07) is 0. The van der Waals surface area contributed by atoms with Crippen LogP contribution in [0.25, 0.3) is 0 Å². The summed E-state index contributed by atoms with van der Waals surface area (Å²) >= 11 is 1.66. The molecule has 0 aliphatic heterocycles. The van der Waals surface area contributed by atoms with Crippen LogP contribution < -0.4 is 0 Å². The maximum atomic E-state index is 11.8. The molecule has 88 valence electrons. The third kappa shape index (κ3) is 2.01. The van der Waals surface area contributed by atoms with E-state index in [-0.39, 0.29) is 5.97 Å². The maximum absolute atomic E-state index is 11.8. The average molecular weight is 238 g/mol. The standard InChI is InChI=1S/C13H18O2S/c1-3-9-10-7-5-6-8-11(10)16-12(9)13(14)15-4-2/h3-8H2,1-2H3. The zero-order valence-corrected chi connectivity index (χ0v) is 10.8. The number of ether oxygens (including phenoxy) is 1. The van der Waals surface area contributed by atoms with E-state index in [0.717, 1.165) is 24.1 Å². The first kappa shape index (κ1) is 11.6. The normalized spacial score (nSPS) is 14.6. The molecule has 0 saturated carbocycles. The van der Waals surface area contributed by atoms with Crippen molar-refractivity contribution in [2.75, 3.05) is 6.61 Å². The molecule has 0 spiro atoms. The van der Waals surface area contributed by atoms with Crippen LogP contribution in [0.5, 0.6) is 0 Å². The zero-order chi connectivity index (χ0) is 11.5. The highest BCUT2D eigenvalue weighted by molar-refractivity contribution is 7.14. The van der Waals surface area contributed by atoms with E-state index in [1.807, 2.05) is 6.92 Å². The van der Waals surface area contributed by atoms with Gasteiger partial charge in [-0.2, -0.15) is 0 Å². The van der Waals surface area contributed by atoms with E-state index in [9.17, 15) is 4.79 Å². The van der Waals surface area contributed by atoms with Crippen LogP contribution in [0.2, 0.25) is 0 Å². The molecule has 2 nitrogen and oxygen atoms in total. The summed E-state index contributed by atoms with van der Waals surface area (Å²) in [6.07, 6.45) is 5.76. The highest BCUT2D eigenvalue weighted by Gasteiger charge is 2.23. The Labute approximate surface area is 101 Å². The molecule has 0 amide bonds. The molecule has 1 aliphatic carbocycles. The number of thiophene rings is 1. The van der Waals surface area contributed by atoms with Crippen LogP contribution in [-0.4, -0.2) is 12.6 Å². The molecule has 0 saturated heterocycles. The van der Waals surface area contributed by atoms with Crippen LogP contribution in [0.15, 0.2) is 0 Å². The van der Waals surface area contributed by atoms with Crippen LogP contribution in [0.1, 0.15) is 52.4 Å². The number of aryl methyl sites for hydroxylation is 1. The highest BCUT2D eigenvalue weighted by Crippen LogP contribution is 2.35. The van der Waals surface area contributed by atoms with Crippen LogP contribution in [0.4, 0.5) is 0 Å². The summed E-state index contributed by atoms with van der Waals surface area (Å²) in [4.78, 5) is 14.1. The van der Waals surface area contributed by atoms with Gasteiger partial charge in [-0.25, -0.2) is 4.79 Å². The van der Waals surface area contributed by atoms with Crippen molar-refractivity contribution < 1.29 is 9.53 Å². The highest BCUT2D eigenvalue weighted by atomic mass is 32.1. The van der Waals surface area contributed by atoms with E-state index < -0.39 is 0 Å². The lowest BCUT2D eigenvalue weighted by molar-refractivity contribution is 0.0531.